The monoisotopic (exact) mass is 248 g/mol. The van der Waals surface area contributed by atoms with Gasteiger partial charge in [-0.1, -0.05) is 0 Å². The maximum absolute atomic E-state index is 11.4. The number of hydrogen-bond acceptors (Lipinski definition) is 5. The Morgan fingerprint density at radius 2 is 2.28 bits per heavy atom. The van der Waals surface area contributed by atoms with Gasteiger partial charge in [-0.3, -0.25) is 4.79 Å². The maximum atomic E-state index is 11.4. The average molecular weight is 248 g/mol. The lowest BCUT2D eigenvalue weighted by Crippen LogP contribution is -2.36. The van der Waals surface area contributed by atoms with Crippen LogP contribution in [0.2, 0.25) is 0 Å². The van der Waals surface area contributed by atoms with Crippen LogP contribution in [0.1, 0.15) is 13.8 Å². The standard InChI is InChI=1S/C12H16N4O2/c1-9(2)15(8-12(17)18-3)10-5-7-16-11(14-10)4-6-13-16/h4-7,9H,8H2,1-3H3. The van der Waals surface area contributed by atoms with Gasteiger partial charge in [-0.05, 0) is 19.9 Å². The first-order valence-electron chi connectivity index (χ1n) is 5.75. The van der Waals surface area contributed by atoms with E-state index in [1.54, 1.807) is 10.7 Å². The van der Waals surface area contributed by atoms with Crippen molar-refractivity contribution in [2.45, 2.75) is 19.9 Å². The van der Waals surface area contributed by atoms with Crippen molar-refractivity contribution in [3.63, 3.8) is 0 Å². The number of anilines is 1. The number of ether oxygens (including phenoxy) is 1. The molecule has 6 heteroatoms. The molecule has 2 rings (SSSR count). The second-order valence-corrected chi connectivity index (χ2v) is 4.22. The molecule has 0 aliphatic rings. The third-order valence-corrected chi connectivity index (χ3v) is 2.69. The van der Waals surface area contributed by atoms with Gasteiger partial charge in [0.1, 0.15) is 12.4 Å². The van der Waals surface area contributed by atoms with Crippen molar-refractivity contribution in [2.24, 2.45) is 0 Å². The van der Waals surface area contributed by atoms with Gasteiger partial charge >= 0.3 is 5.97 Å². The molecule has 0 saturated carbocycles. The lowest BCUT2D eigenvalue weighted by Gasteiger charge is -2.26. The Morgan fingerprint density at radius 3 is 2.94 bits per heavy atom. The highest BCUT2D eigenvalue weighted by atomic mass is 16.5. The maximum Gasteiger partial charge on any atom is 0.325 e. The molecule has 0 unspecified atom stereocenters. The molecule has 0 amide bonds. The lowest BCUT2D eigenvalue weighted by molar-refractivity contribution is -0.139. The lowest BCUT2D eigenvalue weighted by atomic mass is 10.3. The largest absolute Gasteiger partial charge is 0.468 e. The average Bonchev–Trinajstić information content (AvgIpc) is 2.82. The number of nitrogens with zero attached hydrogens (tertiary/aromatic N) is 4. The van der Waals surface area contributed by atoms with Crippen LogP contribution in [0.3, 0.4) is 0 Å². The molecule has 96 valence electrons. The third-order valence-electron chi connectivity index (χ3n) is 2.69. The first-order valence-corrected chi connectivity index (χ1v) is 5.75. The molecule has 2 aromatic rings. The molecule has 0 aromatic carbocycles. The summed E-state index contributed by atoms with van der Waals surface area (Å²) < 4.78 is 6.38. The van der Waals surface area contributed by atoms with E-state index in [0.717, 1.165) is 11.5 Å². The Morgan fingerprint density at radius 1 is 1.50 bits per heavy atom. The molecule has 0 radical (unpaired) electrons. The molecular weight excluding hydrogens is 232 g/mol. The van der Waals surface area contributed by atoms with Gasteiger partial charge in [0, 0.05) is 18.3 Å². The van der Waals surface area contributed by atoms with Crippen molar-refractivity contribution in [1.82, 2.24) is 14.6 Å². The van der Waals surface area contributed by atoms with Gasteiger partial charge in [-0.25, -0.2) is 9.50 Å². The normalized spacial score (nSPS) is 10.9. The minimum Gasteiger partial charge on any atom is -0.468 e. The SMILES string of the molecule is COC(=O)CN(c1ccn2nccc2n1)C(C)C. The summed E-state index contributed by atoms with van der Waals surface area (Å²) in [6.45, 7) is 4.20. The number of methoxy groups -OCH3 is 1. The summed E-state index contributed by atoms with van der Waals surface area (Å²) in [6.07, 6.45) is 3.51. The van der Waals surface area contributed by atoms with Crippen molar-refractivity contribution in [3.05, 3.63) is 24.5 Å². The van der Waals surface area contributed by atoms with E-state index in [1.807, 2.05) is 37.1 Å². The number of rotatable bonds is 4. The van der Waals surface area contributed by atoms with Gasteiger partial charge in [-0.2, -0.15) is 5.10 Å². The van der Waals surface area contributed by atoms with E-state index in [2.05, 4.69) is 10.1 Å². The van der Waals surface area contributed by atoms with Gasteiger partial charge in [0.2, 0.25) is 0 Å². The molecule has 0 bridgehead atoms. The number of carbonyl (C=O) groups is 1. The number of hydrogen-bond donors (Lipinski definition) is 0. The van der Waals surface area contributed by atoms with Crippen LogP contribution >= 0.6 is 0 Å². The molecule has 0 aliphatic heterocycles. The molecule has 0 N–H and O–H groups in total. The van der Waals surface area contributed by atoms with Gasteiger partial charge in [0.25, 0.3) is 0 Å². The molecule has 0 fully saturated rings. The fourth-order valence-electron chi connectivity index (χ4n) is 1.69. The fourth-order valence-corrected chi connectivity index (χ4v) is 1.69. The minimum atomic E-state index is -0.279. The molecule has 2 heterocycles. The Hall–Kier alpha value is -2.11. The Labute approximate surface area is 105 Å². The summed E-state index contributed by atoms with van der Waals surface area (Å²) in [5.74, 6) is 0.460. The first-order chi connectivity index (χ1) is 8.61. The van der Waals surface area contributed by atoms with Crippen LogP contribution in [0.15, 0.2) is 24.5 Å². The summed E-state index contributed by atoms with van der Waals surface area (Å²) in [6, 6.07) is 3.81. The van der Waals surface area contributed by atoms with Crippen LogP contribution in [0.25, 0.3) is 5.65 Å². The summed E-state index contributed by atoms with van der Waals surface area (Å²) in [7, 11) is 1.38. The molecule has 18 heavy (non-hydrogen) atoms. The van der Waals surface area contributed by atoms with Gasteiger partial charge < -0.3 is 9.64 Å². The van der Waals surface area contributed by atoms with Gasteiger partial charge in [0.05, 0.1) is 13.3 Å². The Bertz CT molecular complexity index is 550. The van der Waals surface area contributed by atoms with E-state index in [1.165, 1.54) is 7.11 Å². The van der Waals surface area contributed by atoms with Crippen LogP contribution in [0.5, 0.6) is 0 Å². The highest BCUT2D eigenvalue weighted by Gasteiger charge is 2.16. The summed E-state index contributed by atoms with van der Waals surface area (Å²) >= 11 is 0. The predicted molar refractivity (Wildman–Crippen MR) is 67.5 cm³/mol. The van der Waals surface area contributed by atoms with E-state index in [4.69, 9.17) is 4.74 Å². The molecule has 6 nitrogen and oxygen atoms in total. The van der Waals surface area contributed by atoms with Crippen LogP contribution in [-0.2, 0) is 9.53 Å². The van der Waals surface area contributed by atoms with Crippen molar-refractivity contribution >= 4 is 17.4 Å². The quantitative estimate of drug-likeness (QED) is 0.759. The van der Waals surface area contributed by atoms with Crippen LogP contribution < -0.4 is 4.90 Å². The summed E-state index contributed by atoms with van der Waals surface area (Å²) in [5, 5.41) is 4.09. The van der Waals surface area contributed by atoms with E-state index in [9.17, 15) is 4.79 Å². The highest BCUT2D eigenvalue weighted by molar-refractivity contribution is 5.75. The Kier molecular flexibility index (Phi) is 3.45. The van der Waals surface area contributed by atoms with E-state index in [0.29, 0.717) is 0 Å². The van der Waals surface area contributed by atoms with E-state index in [-0.39, 0.29) is 18.6 Å². The van der Waals surface area contributed by atoms with Crippen molar-refractivity contribution in [3.8, 4) is 0 Å². The molecule has 0 atom stereocenters. The number of esters is 1. The molecule has 0 spiro atoms. The van der Waals surface area contributed by atoms with E-state index >= 15 is 0 Å². The van der Waals surface area contributed by atoms with Crippen molar-refractivity contribution in [1.29, 1.82) is 0 Å². The summed E-state index contributed by atoms with van der Waals surface area (Å²) in [5.41, 5.74) is 0.753. The zero-order valence-corrected chi connectivity index (χ0v) is 10.7. The smallest absolute Gasteiger partial charge is 0.325 e. The Balaban J connectivity index is 2.31. The van der Waals surface area contributed by atoms with Crippen molar-refractivity contribution in [2.75, 3.05) is 18.6 Å². The first kappa shape index (κ1) is 12.3. The van der Waals surface area contributed by atoms with Gasteiger partial charge in [0.15, 0.2) is 5.65 Å². The van der Waals surface area contributed by atoms with Crippen LogP contribution in [-0.4, -0.2) is 40.3 Å². The molecule has 0 saturated heterocycles. The van der Waals surface area contributed by atoms with E-state index < -0.39 is 0 Å². The topological polar surface area (TPSA) is 59.7 Å². The second-order valence-electron chi connectivity index (χ2n) is 4.22. The number of aromatic nitrogens is 3. The fraction of sp³-hybridized carbons (Fsp3) is 0.417. The second kappa shape index (κ2) is 5.03. The van der Waals surface area contributed by atoms with Crippen LogP contribution in [0, 0.1) is 0 Å². The van der Waals surface area contributed by atoms with Crippen molar-refractivity contribution < 1.29 is 9.53 Å². The van der Waals surface area contributed by atoms with Gasteiger partial charge in [-0.15, -0.1) is 0 Å². The van der Waals surface area contributed by atoms with Crippen LogP contribution in [0.4, 0.5) is 5.82 Å². The molecule has 2 aromatic heterocycles. The predicted octanol–water partition coefficient (Wildman–Crippen LogP) is 1.12. The number of carbonyl (C=O) groups excluding carboxylic acids is 1. The molecular formula is C12H16N4O2. The highest BCUT2D eigenvalue weighted by Crippen LogP contribution is 2.15. The zero-order valence-electron chi connectivity index (χ0n) is 10.7. The summed E-state index contributed by atoms with van der Waals surface area (Å²) in [4.78, 5) is 17.8. The minimum absolute atomic E-state index is 0.155. The third kappa shape index (κ3) is 2.42. The zero-order chi connectivity index (χ0) is 13.1. The molecule has 0 aliphatic carbocycles. The number of fused-ring (bicyclic) bond motifs is 1.